The fourth-order valence-corrected chi connectivity index (χ4v) is 5.40. The molecule has 160 valence electrons. The maximum absolute atomic E-state index is 5.65. The van der Waals surface area contributed by atoms with Crippen molar-refractivity contribution >= 4 is 8.80 Å². The van der Waals surface area contributed by atoms with Crippen LogP contribution in [0.25, 0.3) is 0 Å². The third-order valence-corrected chi connectivity index (χ3v) is 7.36. The van der Waals surface area contributed by atoms with E-state index in [4.69, 9.17) is 13.3 Å². The zero-order valence-electron chi connectivity index (χ0n) is 18.8. The van der Waals surface area contributed by atoms with Gasteiger partial charge in [0.15, 0.2) is 0 Å². The largest absolute Gasteiger partial charge is 0.500 e. The van der Waals surface area contributed by atoms with E-state index in [1.165, 1.54) is 64.5 Å². The van der Waals surface area contributed by atoms with Crippen molar-refractivity contribution in [3.05, 3.63) is 0 Å². The first-order valence-corrected chi connectivity index (χ1v) is 13.2. The van der Waals surface area contributed by atoms with E-state index in [9.17, 15) is 0 Å². The highest BCUT2D eigenvalue weighted by molar-refractivity contribution is 6.60. The fraction of sp³-hybridized carbons (Fsp3) is 1.00. The molecule has 0 rings (SSSR count). The van der Waals surface area contributed by atoms with Crippen LogP contribution in [-0.4, -0.2) is 41.7 Å². The van der Waals surface area contributed by atoms with Crippen LogP contribution in [-0.2, 0) is 13.3 Å². The Morgan fingerprint density at radius 1 is 0.538 bits per heavy atom. The summed E-state index contributed by atoms with van der Waals surface area (Å²) in [4.78, 5) is 0. The van der Waals surface area contributed by atoms with Crippen LogP contribution in [0.5, 0.6) is 0 Å². The zero-order valence-corrected chi connectivity index (χ0v) is 19.8. The monoisotopic (exact) mass is 391 g/mol. The number of nitrogens with one attached hydrogen (secondary N) is 1. The quantitative estimate of drug-likeness (QED) is 0.224. The Kier molecular flexibility index (Phi) is 25.1. The molecule has 0 aromatic carbocycles. The van der Waals surface area contributed by atoms with E-state index in [2.05, 4.69) is 26.1 Å². The average Bonchev–Trinajstić information content (AvgIpc) is 2.62. The summed E-state index contributed by atoms with van der Waals surface area (Å²) in [7, 11) is -2.30. The van der Waals surface area contributed by atoms with Crippen LogP contribution in [0.15, 0.2) is 0 Å². The normalized spacial score (nSPS) is 11.3. The van der Waals surface area contributed by atoms with E-state index in [0.717, 1.165) is 12.5 Å². The van der Waals surface area contributed by atoms with Gasteiger partial charge in [0.25, 0.3) is 0 Å². The first kappa shape index (κ1) is 28.3. The van der Waals surface area contributed by atoms with Crippen molar-refractivity contribution in [3.8, 4) is 0 Å². The Hall–Kier alpha value is 0.0569. The highest BCUT2D eigenvalue weighted by Crippen LogP contribution is 2.17. The van der Waals surface area contributed by atoms with Crippen molar-refractivity contribution in [1.82, 2.24) is 5.32 Å². The van der Waals surface area contributed by atoms with E-state index in [-0.39, 0.29) is 0 Å². The molecule has 0 aliphatic rings. The molecule has 0 radical (unpaired) electrons. The molecule has 0 spiro atoms. The van der Waals surface area contributed by atoms with Gasteiger partial charge in [0.1, 0.15) is 0 Å². The fourth-order valence-electron chi connectivity index (χ4n) is 2.79. The van der Waals surface area contributed by atoms with Gasteiger partial charge in [0.2, 0.25) is 0 Å². The minimum atomic E-state index is -2.30. The lowest BCUT2D eigenvalue weighted by Gasteiger charge is -2.27. The van der Waals surface area contributed by atoms with Crippen LogP contribution in [0.1, 0.15) is 99.3 Å². The molecule has 1 N–H and O–H groups in total. The predicted molar refractivity (Wildman–Crippen MR) is 117 cm³/mol. The lowest BCUT2D eigenvalue weighted by molar-refractivity contribution is 0.0712. The predicted octanol–water partition coefficient (Wildman–Crippen LogP) is 6.18. The molecule has 0 saturated heterocycles. The lowest BCUT2D eigenvalue weighted by atomic mass is 10.2. The zero-order chi connectivity index (χ0) is 19.9. The van der Waals surface area contributed by atoms with Gasteiger partial charge in [-0.2, -0.15) is 0 Å². The lowest BCUT2D eigenvalue weighted by Crippen LogP contribution is -2.45. The maximum atomic E-state index is 5.65. The second-order valence-electron chi connectivity index (χ2n) is 6.60. The summed E-state index contributed by atoms with van der Waals surface area (Å²) in [5.41, 5.74) is 0. The van der Waals surface area contributed by atoms with Gasteiger partial charge in [-0.05, 0) is 46.7 Å². The molecule has 0 aromatic heterocycles. The molecule has 0 fully saturated rings. The van der Waals surface area contributed by atoms with Gasteiger partial charge in [0.05, 0.1) is 0 Å². The average molecular weight is 392 g/mol. The van der Waals surface area contributed by atoms with E-state index >= 15 is 0 Å². The Labute approximate surface area is 166 Å². The number of hydrogen-bond donors (Lipinski definition) is 1. The third kappa shape index (κ3) is 18.8. The Bertz CT molecular complexity index is 216. The summed E-state index contributed by atoms with van der Waals surface area (Å²) in [6.45, 7) is 17.1. The highest BCUT2D eigenvalue weighted by atomic mass is 28.4. The van der Waals surface area contributed by atoms with E-state index < -0.39 is 8.80 Å². The van der Waals surface area contributed by atoms with Crippen molar-refractivity contribution < 1.29 is 13.3 Å². The van der Waals surface area contributed by atoms with E-state index in [1.54, 1.807) is 0 Å². The molecular weight excluding hydrogens is 342 g/mol. The number of hydrogen-bond acceptors (Lipinski definition) is 4. The molecule has 26 heavy (non-hydrogen) atoms. The standard InChI is InChI=1S/C12H27N.C9H22O3Si/c1-3-5-7-9-11-13-12-10-8-6-4-2;1-5-9-13(10-6-2,11-7-3)12-8-4/h13H,3-12H2,1-2H3;5-9H2,1-4H3. The highest BCUT2D eigenvalue weighted by Gasteiger charge is 2.38. The minimum Gasteiger partial charge on any atom is -0.374 e. The molecule has 0 unspecified atom stereocenters. The van der Waals surface area contributed by atoms with Gasteiger partial charge in [-0.1, -0.05) is 65.7 Å². The van der Waals surface area contributed by atoms with Crippen LogP contribution < -0.4 is 5.32 Å². The summed E-state index contributed by atoms with van der Waals surface area (Å²) in [5.74, 6) is 0. The Balaban J connectivity index is 0. The van der Waals surface area contributed by atoms with Crippen LogP contribution in [0, 0.1) is 0 Å². The van der Waals surface area contributed by atoms with E-state index in [1.807, 2.05) is 20.8 Å². The van der Waals surface area contributed by atoms with Gasteiger partial charge in [-0.3, -0.25) is 0 Å². The molecule has 0 aliphatic carbocycles. The molecule has 0 saturated carbocycles. The van der Waals surface area contributed by atoms with Crippen molar-refractivity contribution in [3.63, 3.8) is 0 Å². The maximum Gasteiger partial charge on any atom is 0.500 e. The molecular formula is C21H49NO3Si. The van der Waals surface area contributed by atoms with Gasteiger partial charge >= 0.3 is 8.80 Å². The summed E-state index contributed by atoms with van der Waals surface area (Å²) in [5, 5.41) is 3.50. The molecule has 0 atom stereocenters. The summed E-state index contributed by atoms with van der Waals surface area (Å²) < 4.78 is 16.9. The van der Waals surface area contributed by atoms with E-state index in [0.29, 0.717) is 19.8 Å². The molecule has 0 aliphatic heterocycles. The molecule has 5 heteroatoms. The number of unbranched alkanes of at least 4 members (excludes halogenated alkanes) is 6. The van der Waals surface area contributed by atoms with Crippen LogP contribution >= 0.6 is 0 Å². The first-order chi connectivity index (χ1) is 12.7. The van der Waals surface area contributed by atoms with Gasteiger partial charge in [0, 0.05) is 25.9 Å². The second kappa shape index (κ2) is 23.1. The molecule has 0 aromatic rings. The van der Waals surface area contributed by atoms with Crippen molar-refractivity contribution in [2.45, 2.75) is 105 Å². The Morgan fingerprint density at radius 3 is 1.27 bits per heavy atom. The first-order valence-electron chi connectivity index (χ1n) is 11.3. The summed E-state index contributed by atoms with van der Waals surface area (Å²) in [6, 6.07) is 0.919. The Morgan fingerprint density at radius 2 is 0.962 bits per heavy atom. The molecule has 0 bridgehead atoms. The second-order valence-corrected chi connectivity index (χ2v) is 9.34. The van der Waals surface area contributed by atoms with Crippen molar-refractivity contribution in [2.75, 3.05) is 32.9 Å². The van der Waals surface area contributed by atoms with Crippen LogP contribution in [0.3, 0.4) is 0 Å². The molecule has 0 amide bonds. The van der Waals surface area contributed by atoms with Gasteiger partial charge in [-0.15, -0.1) is 0 Å². The summed E-state index contributed by atoms with van der Waals surface area (Å²) in [6.07, 6.45) is 12.1. The van der Waals surface area contributed by atoms with Crippen LogP contribution in [0.2, 0.25) is 6.04 Å². The van der Waals surface area contributed by atoms with Crippen molar-refractivity contribution in [1.29, 1.82) is 0 Å². The van der Waals surface area contributed by atoms with Crippen LogP contribution in [0.4, 0.5) is 0 Å². The summed E-state index contributed by atoms with van der Waals surface area (Å²) >= 11 is 0. The molecule has 0 heterocycles. The molecule has 4 nitrogen and oxygen atoms in total. The van der Waals surface area contributed by atoms with Gasteiger partial charge in [-0.25, -0.2) is 0 Å². The van der Waals surface area contributed by atoms with Gasteiger partial charge < -0.3 is 18.6 Å². The smallest absolute Gasteiger partial charge is 0.374 e. The minimum absolute atomic E-state index is 0.673. The topological polar surface area (TPSA) is 39.7 Å². The van der Waals surface area contributed by atoms with Crippen molar-refractivity contribution in [2.24, 2.45) is 0 Å². The number of rotatable bonds is 18. The third-order valence-electron chi connectivity index (χ3n) is 4.06. The SMILES string of the molecule is CCCCCCNCCCCCC.CCC[Si](OCC)(OCC)OCC.